The maximum atomic E-state index is 7.00. The van der Waals surface area contributed by atoms with Gasteiger partial charge in [0.25, 0.3) is 0 Å². The molecule has 1 radical (unpaired) electrons. The molecular formula is C16H22IrNO2-. The monoisotopic (exact) mass is 453 g/mol. The van der Waals surface area contributed by atoms with Crippen LogP contribution in [0.25, 0.3) is 11.3 Å². The third kappa shape index (κ3) is 6.92. The van der Waals surface area contributed by atoms with Crippen molar-refractivity contribution in [1.29, 1.82) is 0 Å². The van der Waals surface area contributed by atoms with Gasteiger partial charge in [-0.15, -0.1) is 35.9 Å². The summed E-state index contributed by atoms with van der Waals surface area (Å²) >= 11 is 0. The number of benzene rings is 1. The molecule has 0 saturated carbocycles. The summed E-state index contributed by atoms with van der Waals surface area (Å²) < 4.78 is 0. The van der Waals surface area contributed by atoms with Crippen molar-refractivity contribution in [2.24, 2.45) is 0 Å². The fourth-order valence-electron chi connectivity index (χ4n) is 1.46. The normalized spacial score (nSPS) is 8.55. The van der Waals surface area contributed by atoms with Gasteiger partial charge in [-0.2, -0.15) is 0 Å². The van der Waals surface area contributed by atoms with Crippen LogP contribution in [0.3, 0.4) is 0 Å². The van der Waals surface area contributed by atoms with Crippen molar-refractivity contribution >= 4 is 0 Å². The summed E-state index contributed by atoms with van der Waals surface area (Å²) in [6, 6.07) is 15.3. The van der Waals surface area contributed by atoms with E-state index in [1.807, 2.05) is 30.5 Å². The molecule has 0 unspecified atom stereocenters. The minimum atomic E-state index is 0. The third-order valence-corrected chi connectivity index (χ3v) is 2.44. The standard InChI is InChI=1S/C14H14N.2CH4O.Ir/c1-11(2)13-8-9-14(15-10-13)12-6-4-3-5-7-12;2*1-2;/h3-6,8-11H,1-2H3;2*2H,1H3;/q-1;;;. The molecule has 2 aromatic rings. The first kappa shape index (κ1) is 21.2. The van der Waals surface area contributed by atoms with E-state index in [-0.39, 0.29) is 20.1 Å². The molecule has 1 aromatic heterocycles. The van der Waals surface area contributed by atoms with Crippen molar-refractivity contribution in [2.75, 3.05) is 14.2 Å². The molecule has 20 heavy (non-hydrogen) atoms. The van der Waals surface area contributed by atoms with Crippen LogP contribution in [0.5, 0.6) is 0 Å². The largest absolute Gasteiger partial charge is 0.400 e. The number of rotatable bonds is 2. The zero-order valence-electron chi connectivity index (χ0n) is 12.3. The summed E-state index contributed by atoms with van der Waals surface area (Å²) in [5.74, 6) is 0.534. The first-order valence-corrected chi connectivity index (χ1v) is 6.10. The van der Waals surface area contributed by atoms with Gasteiger partial charge in [-0.3, -0.25) is 0 Å². The first-order valence-electron chi connectivity index (χ1n) is 6.10. The SMILES string of the molecule is CC(C)c1ccc(-c2[c-]cccc2)nc1.CO.CO.[Ir]. The van der Waals surface area contributed by atoms with Crippen molar-refractivity contribution in [3.05, 3.63) is 54.2 Å². The molecule has 0 fully saturated rings. The van der Waals surface area contributed by atoms with Gasteiger partial charge in [0.15, 0.2) is 0 Å². The van der Waals surface area contributed by atoms with E-state index in [0.717, 1.165) is 25.5 Å². The van der Waals surface area contributed by atoms with Gasteiger partial charge in [0.05, 0.1) is 0 Å². The van der Waals surface area contributed by atoms with E-state index < -0.39 is 0 Å². The van der Waals surface area contributed by atoms with Crippen molar-refractivity contribution in [1.82, 2.24) is 4.98 Å². The summed E-state index contributed by atoms with van der Waals surface area (Å²) in [5.41, 5.74) is 3.31. The number of aliphatic hydroxyl groups excluding tert-OH is 2. The Kier molecular flexibility index (Phi) is 13.8. The second-order valence-electron chi connectivity index (χ2n) is 3.91. The Labute approximate surface area is 135 Å². The third-order valence-electron chi connectivity index (χ3n) is 2.44. The predicted octanol–water partition coefficient (Wildman–Crippen LogP) is 2.89. The molecule has 1 aromatic carbocycles. The van der Waals surface area contributed by atoms with Crippen LogP contribution in [-0.2, 0) is 20.1 Å². The van der Waals surface area contributed by atoms with Crippen molar-refractivity contribution in [2.45, 2.75) is 19.8 Å². The Morgan fingerprint density at radius 3 is 2.05 bits per heavy atom. The maximum absolute atomic E-state index is 7.00. The molecule has 0 aliphatic heterocycles. The van der Waals surface area contributed by atoms with Gasteiger partial charge in [-0.05, 0) is 17.2 Å². The van der Waals surface area contributed by atoms with E-state index in [1.54, 1.807) is 0 Å². The molecule has 0 bridgehead atoms. The molecule has 113 valence electrons. The smallest absolute Gasteiger partial charge is 0.0319 e. The maximum Gasteiger partial charge on any atom is 0.0319 e. The average molecular weight is 453 g/mol. The van der Waals surface area contributed by atoms with E-state index in [0.29, 0.717) is 5.92 Å². The Morgan fingerprint density at radius 1 is 1.00 bits per heavy atom. The summed E-state index contributed by atoms with van der Waals surface area (Å²) in [6.07, 6.45) is 1.95. The Balaban J connectivity index is 0. The second-order valence-corrected chi connectivity index (χ2v) is 3.91. The van der Waals surface area contributed by atoms with Crippen LogP contribution in [0.4, 0.5) is 0 Å². The van der Waals surface area contributed by atoms with Crippen molar-refractivity contribution in [3.8, 4) is 11.3 Å². The van der Waals surface area contributed by atoms with Gasteiger partial charge in [0.1, 0.15) is 0 Å². The van der Waals surface area contributed by atoms with Crippen molar-refractivity contribution in [3.63, 3.8) is 0 Å². The fraction of sp³-hybridized carbons (Fsp3) is 0.312. The van der Waals surface area contributed by atoms with E-state index >= 15 is 0 Å². The van der Waals surface area contributed by atoms with Crippen LogP contribution in [0.15, 0.2) is 42.6 Å². The summed E-state index contributed by atoms with van der Waals surface area (Å²) in [7, 11) is 2.00. The quantitative estimate of drug-likeness (QED) is 0.689. The number of aromatic nitrogens is 1. The van der Waals surface area contributed by atoms with Crippen LogP contribution >= 0.6 is 0 Å². The first-order chi connectivity index (χ1) is 9.27. The number of aliphatic hydroxyl groups is 2. The van der Waals surface area contributed by atoms with Crippen LogP contribution in [0.2, 0.25) is 0 Å². The van der Waals surface area contributed by atoms with Gasteiger partial charge in [0.2, 0.25) is 0 Å². The number of hydrogen-bond donors (Lipinski definition) is 2. The van der Waals surface area contributed by atoms with E-state index in [2.05, 4.69) is 37.0 Å². The Morgan fingerprint density at radius 2 is 1.65 bits per heavy atom. The second kappa shape index (κ2) is 12.9. The number of pyridine rings is 1. The predicted molar refractivity (Wildman–Crippen MR) is 78.9 cm³/mol. The van der Waals surface area contributed by atoms with Crippen LogP contribution in [-0.4, -0.2) is 29.4 Å². The van der Waals surface area contributed by atoms with Gasteiger partial charge < -0.3 is 15.2 Å². The van der Waals surface area contributed by atoms with Crippen LogP contribution < -0.4 is 0 Å². The van der Waals surface area contributed by atoms with Crippen LogP contribution in [0.1, 0.15) is 25.3 Å². The Hall–Kier alpha value is -1.06. The molecule has 0 aliphatic carbocycles. The molecule has 0 saturated heterocycles. The van der Waals surface area contributed by atoms with Gasteiger partial charge in [0, 0.05) is 40.5 Å². The zero-order valence-corrected chi connectivity index (χ0v) is 14.7. The topological polar surface area (TPSA) is 53.4 Å². The molecule has 0 amide bonds. The summed E-state index contributed by atoms with van der Waals surface area (Å²) in [6.45, 7) is 4.34. The minimum Gasteiger partial charge on any atom is -0.400 e. The van der Waals surface area contributed by atoms with E-state index in [4.69, 9.17) is 10.2 Å². The fourth-order valence-corrected chi connectivity index (χ4v) is 1.46. The van der Waals surface area contributed by atoms with Crippen molar-refractivity contribution < 1.29 is 30.3 Å². The molecule has 0 aliphatic rings. The molecule has 0 atom stereocenters. The summed E-state index contributed by atoms with van der Waals surface area (Å²) in [5, 5.41) is 14.0. The number of nitrogens with zero attached hydrogens (tertiary/aromatic N) is 1. The van der Waals surface area contributed by atoms with Gasteiger partial charge >= 0.3 is 0 Å². The van der Waals surface area contributed by atoms with Crippen LogP contribution in [0, 0.1) is 6.07 Å². The van der Waals surface area contributed by atoms with Gasteiger partial charge in [-0.25, -0.2) is 0 Å². The molecule has 2 N–H and O–H groups in total. The minimum absolute atomic E-state index is 0. The Bertz CT molecular complexity index is 430. The molecule has 3 nitrogen and oxygen atoms in total. The van der Waals surface area contributed by atoms with Gasteiger partial charge in [-0.1, -0.05) is 26.0 Å². The molecule has 4 heteroatoms. The van der Waals surface area contributed by atoms with E-state index in [9.17, 15) is 0 Å². The number of hydrogen-bond acceptors (Lipinski definition) is 3. The van der Waals surface area contributed by atoms with E-state index in [1.165, 1.54) is 5.56 Å². The molecule has 0 spiro atoms. The summed E-state index contributed by atoms with van der Waals surface area (Å²) in [4.78, 5) is 4.44. The molecule has 2 rings (SSSR count). The molecular weight excluding hydrogens is 430 g/mol. The zero-order chi connectivity index (χ0) is 14.7. The average Bonchev–Trinajstić information content (AvgIpc) is 2.52. The molecule has 1 heterocycles.